The third kappa shape index (κ3) is 15.5. The first-order valence-corrected chi connectivity index (χ1v) is 13.0. The maximum atomic E-state index is 12.9. The average molecular weight is 695 g/mol. The van der Waals surface area contributed by atoms with Crippen molar-refractivity contribution in [2.75, 3.05) is 25.0 Å². The van der Waals surface area contributed by atoms with Gasteiger partial charge < -0.3 is 25.4 Å². The maximum Gasteiger partial charge on any atom is 0.490 e. The van der Waals surface area contributed by atoms with Crippen molar-refractivity contribution >= 4 is 29.5 Å². The second-order valence-corrected chi connectivity index (χ2v) is 9.49. The summed E-state index contributed by atoms with van der Waals surface area (Å²) in [5.74, 6) is -7.98. The topological polar surface area (TPSA) is 179 Å². The Labute approximate surface area is 259 Å². The fraction of sp³-hybridized carbons (Fsp3) is 0.462. The number of aromatic nitrogens is 2. The van der Waals surface area contributed by atoms with E-state index in [2.05, 4.69) is 26.3 Å². The van der Waals surface area contributed by atoms with Gasteiger partial charge in [-0.3, -0.25) is 19.7 Å². The summed E-state index contributed by atoms with van der Waals surface area (Å²) in [5.41, 5.74) is 1.96. The van der Waals surface area contributed by atoms with Gasteiger partial charge in [-0.15, -0.1) is 0 Å². The van der Waals surface area contributed by atoms with Gasteiger partial charge >= 0.3 is 36.4 Å². The molecule has 2 aliphatic heterocycles. The standard InChI is InChI=1S/C20H24N4O2.3C2HF3O2/c25-20(23-16-4-2-8-22-12-16)17-6-10-26-19-5-9-24(14-18(17)19)13-15-3-1-7-21-11-15;3*3-2(4,5)1(6)7/h1-4,7-8,11-12,17-19H,5-6,9-10,13-14H2,(H,23,25);3*(H,6,7)/t17-,18-,19-;;;/m1.../s1. The van der Waals surface area contributed by atoms with Gasteiger partial charge in [0.15, 0.2) is 0 Å². The molecule has 12 nitrogen and oxygen atoms in total. The summed E-state index contributed by atoms with van der Waals surface area (Å²) in [6, 6.07) is 7.77. The van der Waals surface area contributed by atoms with E-state index >= 15 is 0 Å². The highest BCUT2D eigenvalue weighted by molar-refractivity contribution is 5.92. The second-order valence-electron chi connectivity index (χ2n) is 9.49. The Morgan fingerprint density at radius 1 is 0.809 bits per heavy atom. The molecule has 47 heavy (non-hydrogen) atoms. The molecular formula is C26H27F9N4O8. The fourth-order valence-corrected chi connectivity index (χ4v) is 4.08. The zero-order chi connectivity index (χ0) is 36.0. The van der Waals surface area contributed by atoms with Crippen molar-refractivity contribution in [1.82, 2.24) is 14.9 Å². The van der Waals surface area contributed by atoms with Crippen LogP contribution in [0, 0.1) is 11.8 Å². The summed E-state index contributed by atoms with van der Waals surface area (Å²) >= 11 is 0. The van der Waals surface area contributed by atoms with Gasteiger partial charge in [-0.1, -0.05) is 6.07 Å². The van der Waals surface area contributed by atoms with Crippen LogP contribution in [0.1, 0.15) is 18.4 Å². The highest BCUT2D eigenvalue weighted by Gasteiger charge is 2.42. The number of carbonyl (C=O) groups excluding carboxylic acids is 1. The molecule has 0 spiro atoms. The third-order valence-electron chi connectivity index (χ3n) is 6.08. The fourth-order valence-electron chi connectivity index (χ4n) is 4.08. The van der Waals surface area contributed by atoms with Crippen LogP contribution in [-0.2, 0) is 30.5 Å². The minimum atomic E-state index is -5.08. The Bertz CT molecular complexity index is 1240. The van der Waals surface area contributed by atoms with E-state index in [9.17, 15) is 44.3 Å². The first kappa shape index (κ1) is 40.5. The van der Waals surface area contributed by atoms with Crippen molar-refractivity contribution in [3.05, 3.63) is 54.6 Å². The van der Waals surface area contributed by atoms with Gasteiger partial charge in [0.05, 0.1) is 18.0 Å². The molecule has 0 aliphatic carbocycles. The zero-order valence-electron chi connectivity index (χ0n) is 23.7. The number of carbonyl (C=O) groups is 4. The number of amides is 1. The largest absolute Gasteiger partial charge is 0.490 e. The molecule has 21 heteroatoms. The van der Waals surface area contributed by atoms with Crippen molar-refractivity contribution in [3.63, 3.8) is 0 Å². The zero-order valence-corrected chi connectivity index (χ0v) is 23.7. The van der Waals surface area contributed by atoms with Crippen LogP contribution in [0.3, 0.4) is 0 Å². The SMILES string of the molecule is O=C(Nc1cccnc1)[C@@H]1CCO[C@@H]2CCN(Cc3cccnc3)C[C@@H]21.O=C(O)C(F)(F)F.O=C(O)C(F)(F)F.O=C(O)C(F)(F)F. The van der Waals surface area contributed by atoms with Crippen LogP contribution in [0.2, 0.25) is 0 Å². The molecule has 0 bridgehead atoms. The summed E-state index contributed by atoms with van der Waals surface area (Å²) in [6.07, 6.45) is -6.23. The van der Waals surface area contributed by atoms with Gasteiger partial charge in [-0.25, -0.2) is 14.4 Å². The van der Waals surface area contributed by atoms with Crippen LogP contribution in [0.25, 0.3) is 0 Å². The molecule has 0 saturated carbocycles. The highest BCUT2D eigenvalue weighted by Crippen LogP contribution is 2.34. The molecule has 2 aromatic heterocycles. The van der Waals surface area contributed by atoms with Crippen LogP contribution >= 0.6 is 0 Å². The number of anilines is 1. The Kier molecular flexibility index (Phi) is 15.5. The number of fused-ring (bicyclic) bond motifs is 1. The van der Waals surface area contributed by atoms with Crippen LogP contribution in [0.5, 0.6) is 0 Å². The number of ether oxygens (including phenoxy) is 1. The van der Waals surface area contributed by atoms with Gasteiger partial charge in [0.2, 0.25) is 5.91 Å². The predicted octanol–water partition coefficient (Wildman–Crippen LogP) is 4.24. The average Bonchev–Trinajstić information content (AvgIpc) is 2.97. The number of piperidine rings is 1. The second kappa shape index (κ2) is 18.0. The molecule has 0 unspecified atom stereocenters. The molecule has 2 fully saturated rings. The molecule has 4 N–H and O–H groups in total. The minimum absolute atomic E-state index is 0.0225. The van der Waals surface area contributed by atoms with E-state index in [0.29, 0.717) is 6.61 Å². The number of rotatable bonds is 4. The number of alkyl halides is 9. The predicted molar refractivity (Wildman–Crippen MR) is 139 cm³/mol. The number of carboxylic acids is 3. The summed E-state index contributed by atoms with van der Waals surface area (Å²) in [7, 11) is 0. The number of nitrogens with zero attached hydrogens (tertiary/aromatic N) is 3. The molecule has 3 atom stereocenters. The number of hydrogen-bond acceptors (Lipinski definition) is 8. The van der Waals surface area contributed by atoms with E-state index in [4.69, 9.17) is 34.4 Å². The summed E-state index contributed by atoms with van der Waals surface area (Å²) in [6.45, 7) is 3.40. The Hall–Kier alpha value is -4.53. The van der Waals surface area contributed by atoms with Gasteiger partial charge in [-0.2, -0.15) is 39.5 Å². The number of hydrogen-bond donors (Lipinski definition) is 4. The van der Waals surface area contributed by atoms with Crippen LogP contribution in [0.4, 0.5) is 45.2 Å². The van der Waals surface area contributed by atoms with E-state index in [1.165, 1.54) is 5.56 Å². The lowest BCUT2D eigenvalue weighted by molar-refractivity contribution is -0.193. The highest BCUT2D eigenvalue weighted by atomic mass is 19.4. The molecule has 0 aromatic carbocycles. The van der Waals surface area contributed by atoms with Gasteiger partial charge in [-0.05, 0) is 36.6 Å². The van der Waals surface area contributed by atoms with Gasteiger partial charge in [0.25, 0.3) is 0 Å². The summed E-state index contributed by atoms with van der Waals surface area (Å²) < 4.78 is 101. The van der Waals surface area contributed by atoms with Crippen molar-refractivity contribution in [3.8, 4) is 0 Å². The van der Waals surface area contributed by atoms with Crippen molar-refractivity contribution < 1.29 is 78.7 Å². The molecule has 1 amide bonds. The number of aliphatic carboxylic acids is 3. The molecule has 2 saturated heterocycles. The van der Waals surface area contributed by atoms with E-state index in [1.54, 1.807) is 18.6 Å². The lowest BCUT2D eigenvalue weighted by atomic mass is 9.79. The Balaban J connectivity index is 0.000000430. The number of carboxylic acid groups (broad SMARTS) is 3. The van der Waals surface area contributed by atoms with Crippen molar-refractivity contribution in [2.24, 2.45) is 11.8 Å². The van der Waals surface area contributed by atoms with E-state index in [-0.39, 0.29) is 23.8 Å². The molecule has 262 valence electrons. The number of likely N-dealkylation sites (tertiary alicyclic amines) is 1. The lowest BCUT2D eigenvalue weighted by Crippen LogP contribution is -2.52. The molecule has 0 radical (unpaired) electrons. The molecule has 2 aliphatic rings. The summed E-state index contributed by atoms with van der Waals surface area (Å²) in [4.78, 5) is 50.2. The van der Waals surface area contributed by atoms with Crippen LogP contribution < -0.4 is 5.32 Å². The first-order chi connectivity index (χ1) is 21.6. The van der Waals surface area contributed by atoms with Gasteiger partial charge in [0, 0.05) is 56.7 Å². The number of halogens is 9. The molecule has 4 heterocycles. The summed E-state index contributed by atoms with van der Waals surface area (Å²) in [5, 5.41) is 24.4. The van der Waals surface area contributed by atoms with Crippen molar-refractivity contribution in [2.45, 2.75) is 44.0 Å². The Morgan fingerprint density at radius 2 is 1.30 bits per heavy atom. The van der Waals surface area contributed by atoms with Crippen molar-refractivity contribution in [1.29, 1.82) is 0 Å². The van der Waals surface area contributed by atoms with E-state index in [1.807, 2.05) is 24.4 Å². The minimum Gasteiger partial charge on any atom is -0.475 e. The maximum absolute atomic E-state index is 12.9. The monoisotopic (exact) mass is 694 g/mol. The lowest BCUT2D eigenvalue weighted by Gasteiger charge is -2.44. The molecular weight excluding hydrogens is 667 g/mol. The Morgan fingerprint density at radius 3 is 1.72 bits per heavy atom. The number of nitrogens with one attached hydrogen (secondary N) is 1. The molecule has 4 rings (SSSR count). The van der Waals surface area contributed by atoms with E-state index in [0.717, 1.165) is 38.2 Å². The molecule has 2 aromatic rings. The first-order valence-electron chi connectivity index (χ1n) is 13.0. The van der Waals surface area contributed by atoms with E-state index < -0.39 is 36.4 Å². The quantitative estimate of drug-likeness (QED) is 0.337. The van der Waals surface area contributed by atoms with Gasteiger partial charge in [0.1, 0.15) is 0 Å². The van der Waals surface area contributed by atoms with Crippen LogP contribution in [0.15, 0.2) is 49.1 Å². The normalized spacial score (nSPS) is 19.5. The number of pyridine rings is 2. The van der Waals surface area contributed by atoms with Crippen LogP contribution in [-0.4, -0.2) is 98.3 Å². The third-order valence-corrected chi connectivity index (χ3v) is 6.08. The smallest absolute Gasteiger partial charge is 0.475 e.